The first-order valence-electron chi connectivity index (χ1n) is 8.67. The second-order valence-electron chi connectivity index (χ2n) is 7.58. The standard InChI is InChI=1S/C16H28N2O3S/c1-12(2)10-18-11-14-6-8-17(16(19)13-4-3-5-13)9-7-15(14)22(18,20)21/h12-15H,3-11H2,1-2H3/t14-,15-/m0/s1. The summed E-state index contributed by atoms with van der Waals surface area (Å²) in [6.45, 7) is 6.74. The van der Waals surface area contributed by atoms with Gasteiger partial charge in [-0.3, -0.25) is 4.79 Å². The van der Waals surface area contributed by atoms with Crippen LogP contribution in [0.4, 0.5) is 0 Å². The van der Waals surface area contributed by atoms with E-state index in [2.05, 4.69) is 13.8 Å². The monoisotopic (exact) mass is 328 g/mol. The quantitative estimate of drug-likeness (QED) is 0.792. The largest absolute Gasteiger partial charge is 0.342 e. The Bertz CT molecular complexity index is 528. The van der Waals surface area contributed by atoms with Gasteiger partial charge in [-0.2, -0.15) is 0 Å². The van der Waals surface area contributed by atoms with Crippen LogP contribution in [0.3, 0.4) is 0 Å². The van der Waals surface area contributed by atoms with Crippen molar-refractivity contribution >= 4 is 15.9 Å². The topological polar surface area (TPSA) is 57.7 Å². The molecule has 22 heavy (non-hydrogen) atoms. The van der Waals surface area contributed by atoms with Crippen molar-refractivity contribution in [2.24, 2.45) is 17.8 Å². The summed E-state index contributed by atoms with van der Waals surface area (Å²) in [7, 11) is -3.17. The highest BCUT2D eigenvalue weighted by Crippen LogP contribution is 2.36. The summed E-state index contributed by atoms with van der Waals surface area (Å²) in [4.78, 5) is 14.3. The molecular formula is C16H28N2O3S. The summed E-state index contributed by atoms with van der Waals surface area (Å²) >= 11 is 0. The molecule has 0 aromatic carbocycles. The lowest BCUT2D eigenvalue weighted by Crippen LogP contribution is -2.40. The summed E-state index contributed by atoms with van der Waals surface area (Å²) in [5.41, 5.74) is 0. The first-order valence-corrected chi connectivity index (χ1v) is 10.2. The third-order valence-electron chi connectivity index (χ3n) is 5.49. The van der Waals surface area contributed by atoms with Crippen molar-refractivity contribution in [2.75, 3.05) is 26.2 Å². The number of hydrogen-bond acceptors (Lipinski definition) is 3. The zero-order chi connectivity index (χ0) is 15.9. The summed E-state index contributed by atoms with van der Waals surface area (Å²) in [6.07, 6.45) is 4.64. The van der Waals surface area contributed by atoms with Crippen molar-refractivity contribution < 1.29 is 13.2 Å². The molecule has 126 valence electrons. The maximum absolute atomic E-state index is 12.7. The number of hydrogen-bond donors (Lipinski definition) is 0. The molecule has 0 aromatic rings. The molecule has 0 aromatic heterocycles. The molecule has 0 N–H and O–H groups in total. The number of nitrogens with zero attached hydrogens (tertiary/aromatic N) is 2. The van der Waals surface area contributed by atoms with Gasteiger partial charge in [-0.1, -0.05) is 20.3 Å². The molecule has 1 aliphatic carbocycles. The molecule has 6 heteroatoms. The summed E-state index contributed by atoms with van der Waals surface area (Å²) in [5.74, 6) is 1.03. The Morgan fingerprint density at radius 2 is 1.82 bits per heavy atom. The second-order valence-corrected chi connectivity index (χ2v) is 9.74. The molecule has 3 fully saturated rings. The summed E-state index contributed by atoms with van der Waals surface area (Å²) < 4.78 is 27.1. The van der Waals surface area contributed by atoms with Crippen molar-refractivity contribution in [1.29, 1.82) is 0 Å². The molecule has 1 saturated carbocycles. The predicted octanol–water partition coefficient (Wildman–Crippen LogP) is 1.70. The van der Waals surface area contributed by atoms with Gasteiger partial charge in [0, 0.05) is 32.1 Å². The highest BCUT2D eigenvalue weighted by molar-refractivity contribution is 7.90. The molecule has 2 saturated heterocycles. The van der Waals surface area contributed by atoms with E-state index in [9.17, 15) is 13.2 Å². The van der Waals surface area contributed by atoms with Crippen LogP contribution in [0.1, 0.15) is 46.0 Å². The maximum Gasteiger partial charge on any atom is 0.225 e. The molecule has 2 heterocycles. The lowest BCUT2D eigenvalue weighted by atomic mass is 9.84. The Labute approximate surface area is 134 Å². The predicted molar refractivity (Wildman–Crippen MR) is 85.8 cm³/mol. The molecular weight excluding hydrogens is 300 g/mol. The number of amides is 1. The minimum Gasteiger partial charge on any atom is -0.342 e. The third kappa shape index (κ3) is 2.92. The molecule has 0 bridgehead atoms. The number of likely N-dealkylation sites (tertiary alicyclic amines) is 1. The molecule has 0 unspecified atom stereocenters. The minimum atomic E-state index is -3.17. The molecule has 2 aliphatic heterocycles. The molecule has 0 spiro atoms. The van der Waals surface area contributed by atoms with Crippen LogP contribution in [0, 0.1) is 17.8 Å². The number of rotatable bonds is 3. The zero-order valence-corrected chi connectivity index (χ0v) is 14.5. The summed E-state index contributed by atoms with van der Waals surface area (Å²) in [6, 6.07) is 0. The lowest BCUT2D eigenvalue weighted by Gasteiger charge is -2.31. The Balaban J connectivity index is 1.66. The molecule has 5 nitrogen and oxygen atoms in total. The van der Waals surface area contributed by atoms with E-state index in [-0.39, 0.29) is 23.0 Å². The average molecular weight is 328 g/mol. The van der Waals surface area contributed by atoms with E-state index in [1.54, 1.807) is 4.31 Å². The van der Waals surface area contributed by atoms with Gasteiger partial charge in [-0.15, -0.1) is 0 Å². The van der Waals surface area contributed by atoms with E-state index in [0.29, 0.717) is 32.0 Å². The third-order valence-corrected chi connectivity index (χ3v) is 7.90. The van der Waals surface area contributed by atoms with Crippen LogP contribution in [-0.4, -0.2) is 55.0 Å². The van der Waals surface area contributed by atoms with Crippen molar-refractivity contribution in [3.8, 4) is 0 Å². The first-order chi connectivity index (χ1) is 10.4. The molecule has 3 rings (SSSR count). The van der Waals surface area contributed by atoms with Crippen LogP contribution in [0.5, 0.6) is 0 Å². The van der Waals surface area contributed by atoms with E-state index in [0.717, 1.165) is 32.2 Å². The van der Waals surface area contributed by atoms with Crippen molar-refractivity contribution in [3.05, 3.63) is 0 Å². The molecule has 2 atom stereocenters. The van der Waals surface area contributed by atoms with Crippen LogP contribution >= 0.6 is 0 Å². The van der Waals surface area contributed by atoms with Crippen LogP contribution in [0.25, 0.3) is 0 Å². The number of carbonyl (C=O) groups is 1. The van der Waals surface area contributed by atoms with Crippen LogP contribution < -0.4 is 0 Å². The molecule has 1 amide bonds. The number of fused-ring (bicyclic) bond motifs is 1. The highest BCUT2D eigenvalue weighted by atomic mass is 32.2. The Morgan fingerprint density at radius 3 is 2.41 bits per heavy atom. The smallest absolute Gasteiger partial charge is 0.225 e. The average Bonchev–Trinajstić information content (AvgIpc) is 2.53. The van der Waals surface area contributed by atoms with Crippen LogP contribution in [0.2, 0.25) is 0 Å². The fourth-order valence-corrected chi connectivity index (χ4v) is 6.42. The second kappa shape index (κ2) is 6.11. The molecule has 3 aliphatic rings. The van der Waals surface area contributed by atoms with E-state index in [1.165, 1.54) is 0 Å². The van der Waals surface area contributed by atoms with Gasteiger partial charge in [0.2, 0.25) is 15.9 Å². The van der Waals surface area contributed by atoms with Crippen molar-refractivity contribution in [3.63, 3.8) is 0 Å². The maximum atomic E-state index is 12.7. The normalized spacial score (nSPS) is 32.6. The van der Waals surface area contributed by atoms with Crippen LogP contribution in [-0.2, 0) is 14.8 Å². The van der Waals surface area contributed by atoms with Gasteiger partial charge in [0.05, 0.1) is 5.25 Å². The van der Waals surface area contributed by atoms with Crippen molar-refractivity contribution in [1.82, 2.24) is 9.21 Å². The van der Waals surface area contributed by atoms with Gasteiger partial charge >= 0.3 is 0 Å². The van der Waals surface area contributed by atoms with E-state index in [1.807, 2.05) is 4.90 Å². The van der Waals surface area contributed by atoms with Gasteiger partial charge in [0.1, 0.15) is 0 Å². The lowest BCUT2D eigenvalue weighted by molar-refractivity contribution is -0.138. The van der Waals surface area contributed by atoms with Crippen LogP contribution in [0.15, 0.2) is 0 Å². The van der Waals surface area contributed by atoms with E-state index < -0.39 is 10.0 Å². The van der Waals surface area contributed by atoms with E-state index >= 15 is 0 Å². The summed E-state index contributed by atoms with van der Waals surface area (Å²) in [5, 5.41) is -0.273. The fraction of sp³-hybridized carbons (Fsp3) is 0.938. The minimum absolute atomic E-state index is 0.197. The number of carbonyl (C=O) groups excluding carboxylic acids is 1. The van der Waals surface area contributed by atoms with Gasteiger partial charge in [-0.05, 0) is 37.5 Å². The van der Waals surface area contributed by atoms with E-state index in [4.69, 9.17) is 0 Å². The Hall–Kier alpha value is -0.620. The van der Waals surface area contributed by atoms with Crippen molar-refractivity contribution in [2.45, 2.75) is 51.2 Å². The fourth-order valence-electron chi connectivity index (χ4n) is 4.02. The highest BCUT2D eigenvalue weighted by Gasteiger charge is 2.47. The zero-order valence-electron chi connectivity index (χ0n) is 13.7. The van der Waals surface area contributed by atoms with Gasteiger partial charge in [0.15, 0.2) is 0 Å². The Kier molecular flexibility index (Phi) is 4.52. The van der Waals surface area contributed by atoms with Gasteiger partial charge in [-0.25, -0.2) is 12.7 Å². The van der Waals surface area contributed by atoms with Gasteiger partial charge in [0.25, 0.3) is 0 Å². The Morgan fingerprint density at radius 1 is 1.14 bits per heavy atom. The first kappa shape index (κ1) is 16.2. The SMILES string of the molecule is CC(C)CN1C[C@@H]2CCN(C(=O)C3CCC3)CC[C@@H]2S1(=O)=O. The van der Waals surface area contributed by atoms with Gasteiger partial charge < -0.3 is 4.90 Å². The number of sulfonamides is 1. The molecule has 0 radical (unpaired) electrons.